The van der Waals surface area contributed by atoms with Gasteiger partial charge in [0.2, 0.25) is 0 Å². The number of amides is 1. The van der Waals surface area contributed by atoms with Crippen LogP contribution in [0, 0.1) is 10.1 Å². The molecule has 1 aromatic rings. The highest BCUT2D eigenvalue weighted by Crippen LogP contribution is 2.36. The molecule has 1 heterocycles. The van der Waals surface area contributed by atoms with Crippen LogP contribution in [0.2, 0.25) is 0 Å². The van der Waals surface area contributed by atoms with Crippen LogP contribution < -0.4 is 9.47 Å². The lowest BCUT2D eigenvalue weighted by Gasteiger charge is -2.24. The van der Waals surface area contributed by atoms with Gasteiger partial charge in [-0.1, -0.05) is 13.3 Å². The Morgan fingerprint density at radius 1 is 1.42 bits per heavy atom. The average molecular weight is 366 g/mol. The van der Waals surface area contributed by atoms with Crippen molar-refractivity contribution in [3.05, 3.63) is 27.8 Å². The number of rotatable bonds is 8. The van der Waals surface area contributed by atoms with Crippen LogP contribution in [0.3, 0.4) is 0 Å². The van der Waals surface area contributed by atoms with Gasteiger partial charge in [0.15, 0.2) is 11.5 Å². The smallest absolute Gasteiger partial charge is 0.286 e. The molecule has 9 nitrogen and oxygen atoms in total. The largest absolute Gasteiger partial charge is 0.493 e. The summed E-state index contributed by atoms with van der Waals surface area (Å²) in [6.07, 6.45) is 1.58. The predicted molar refractivity (Wildman–Crippen MR) is 91.3 cm³/mol. The number of likely N-dealkylation sites (tertiary alicyclic amines) is 1. The second-order valence-electron chi connectivity index (χ2n) is 5.95. The molecule has 1 fully saturated rings. The quantitative estimate of drug-likeness (QED) is 0.323. The van der Waals surface area contributed by atoms with E-state index < -0.39 is 28.8 Å². The third-order valence-corrected chi connectivity index (χ3v) is 4.26. The highest BCUT2D eigenvalue weighted by Gasteiger charge is 2.39. The Labute approximate surface area is 150 Å². The van der Waals surface area contributed by atoms with Gasteiger partial charge in [-0.25, -0.2) is 0 Å². The molecule has 0 aliphatic carbocycles. The van der Waals surface area contributed by atoms with Crippen LogP contribution in [0.25, 0.3) is 0 Å². The Morgan fingerprint density at radius 2 is 2.15 bits per heavy atom. The fraction of sp³-hybridized carbons (Fsp3) is 0.529. The maximum absolute atomic E-state index is 12.8. The van der Waals surface area contributed by atoms with Crippen molar-refractivity contribution in [3.8, 4) is 11.5 Å². The number of hydrogen-bond acceptors (Lipinski definition) is 7. The van der Waals surface area contributed by atoms with Gasteiger partial charge in [-0.2, -0.15) is 0 Å². The van der Waals surface area contributed by atoms with E-state index in [1.807, 2.05) is 6.92 Å². The number of nitro groups is 1. The van der Waals surface area contributed by atoms with E-state index in [1.54, 1.807) is 0 Å². The zero-order chi connectivity index (χ0) is 19.3. The van der Waals surface area contributed by atoms with E-state index >= 15 is 0 Å². The summed E-state index contributed by atoms with van der Waals surface area (Å²) in [6, 6.07) is 1.54. The average Bonchev–Trinajstić information content (AvgIpc) is 3.01. The number of carbonyl (C=O) groups excluding carboxylic acids is 2. The normalized spacial score (nSPS) is 19.3. The molecule has 9 heteroatoms. The molecule has 2 atom stereocenters. The van der Waals surface area contributed by atoms with Crippen LogP contribution in [0.4, 0.5) is 5.69 Å². The maximum atomic E-state index is 12.8. The summed E-state index contributed by atoms with van der Waals surface area (Å²) in [5.74, 6) is -0.457. The SMILES string of the molecule is CCCCOc1cc([N+](=O)[O-])c(C(=O)N2C(O)CCC2C=O)cc1OC. The summed E-state index contributed by atoms with van der Waals surface area (Å²) in [7, 11) is 1.36. The van der Waals surface area contributed by atoms with Gasteiger partial charge >= 0.3 is 0 Å². The van der Waals surface area contributed by atoms with Crippen molar-refractivity contribution in [1.29, 1.82) is 0 Å². The van der Waals surface area contributed by atoms with E-state index in [2.05, 4.69) is 0 Å². The van der Waals surface area contributed by atoms with E-state index in [-0.39, 0.29) is 23.5 Å². The summed E-state index contributed by atoms with van der Waals surface area (Å²) in [5.41, 5.74) is -0.728. The van der Waals surface area contributed by atoms with Crippen molar-refractivity contribution in [3.63, 3.8) is 0 Å². The fourth-order valence-corrected chi connectivity index (χ4v) is 2.85. The Morgan fingerprint density at radius 3 is 2.73 bits per heavy atom. The second kappa shape index (κ2) is 8.61. The summed E-state index contributed by atoms with van der Waals surface area (Å²) < 4.78 is 10.7. The molecule has 1 amide bonds. The maximum Gasteiger partial charge on any atom is 0.286 e. The van der Waals surface area contributed by atoms with Gasteiger partial charge in [0.1, 0.15) is 18.1 Å². The molecule has 1 N–H and O–H groups in total. The first-order chi connectivity index (χ1) is 12.4. The van der Waals surface area contributed by atoms with E-state index in [0.29, 0.717) is 19.3 Å². The topological polar surface area (TPSA) is 119 Å². The van der Waals surface area contributed by atoms with Crippen molar-refractivity contribution in [2.24, 2.45) is 0 Å². The van der Waals surface area contributed by atoms with Crippen LogP contribution in [-0.4, -0.2) is 53.1 Å². The number of unbranched alkanes of at least 4 members (excludes halogenated alkanes) is 1. The number of nitro benzene ring substituents is 1. The van der Waals surface area contributed by atoms with Gasteiger partial charge in [0.05, 0.1) is 30.7 Å². The van der Waals surface area contributed by atoms with E-state index in [9.17, 15) is 24.8 Å². The molecule has 0 saturated carbocycles. The molecule has 0 aromatic heterocycles. The molecule has 26 heavy (non-hydrogen) atoms. The molecule has 0 spiro atoms. The Hall–Kier alpha value is -2.68. The van der Waals surface area contributed by atoms with Crippen LogP contribution in [0.15, 0.2) is 12.1 Å². The number of carbonyl (C=O) groups is 2. The lowest BCUT2D eigenvalue weighted by Crippen LogP contribution is -2.42. The van der Waals surface area contributed by atoms with Gasteiger partial charge in [0, 0.05) is 6.07 Å². The standard InChI is InChI=1S/C17H22N2O7/c1-3-4-7-26-15-9-13(19(23)24)12(8-14(15)25-2)17(22)18-11(10-20)5-6-16(18)21/h8-11,16,21H,3-7H2,1-2H3. The monoisotopic (exact) mass is 366 g/mol. The number of ether oxygens (including phenoxy) is 2. The predicted octanol–water partition coefficient (Wildman–Crippen LogP) is 1.90. The van der Waals surface area contributed by atoms with Crippen molar-refractivity contribution in [1.82, 2.24) is 4.90 Å². The van der Waals surface area contributed by atoms with Gasteiger partial charge in [-0.05, 0) is 19.3 Å². The summed E-state index contributed by atoms with van der Waals surface area (Å²) in [6.45, 7) is 2.34. The second-order valence-corrected chi connectivity index (χ2v) is 5.95. The van der Waals surface area contributed by atoms with Gasteiger partial charge in [0.25, 0.3) is 11.6 Å². The molecule has 1 aliphatic heterocycles. The highest BCUT2D eigenvalue weighted by atomic mass is 16.6. The van der Waals surface area contributed by atoms with Crippen LogP contribution >= 0.6 is 0 Å². The van der Waals surface area contributed by atoms with Crippen LogP contribution in [-0.2, 0) is 4.79 Å². The lowest BCUT2D eigenvalue weighted by molar-refractivity contribution is -0.385. The van der Waals surface area contributed by atoms with Gasteiger partial charge < -0.3 is 24.3 Å². The van der Waals surface area contributed by atoms with Crippen molar-refractivity contribution >= 4 is 17.9 Å². The number of hydrogen-bond donors (Lipinski definition) is 1. The van der Waals surface area contributed by atoms with Crippen LogP contribution in [0.1, 0.15) is 43.0 Å². The molecule has 2 rings (SSSR count). The van der Waals surface area contributed by atoms with E-state index in [4.69, 9.17) is 9.47 Å². The zero-order valence-electron chi connectivity index (χ0n) is 14.7. The first-order valence-corrected chi connectivity index (χ1v) is 8.39. The molecule has 1 aromatic carbocycles. The molecule has 0 radical (unpaired) electrons. The number of aliphatic hydroxyl groups excluding tert-OH is 1. The summed E-state index contributed by atoms with van der Waals surface area (Å²) >= 11 is 0. The number of methoxy groups -OCH3 is 1. The first-order valence-electron chi connectivity index (χ1n) is 8.39. The zero-order valence-corrected chi connectivity index (χ0v) is 14.7. The molecule has 142 valence electrons. The van der Waals surface area contributed by atoms with Gasteiger partial charge in [-0.15, -0.1) is 0 Å². The van der Waals surface area contributed by atoms with Crippen molar-refractivity contribution in [2.75, 3.05) is 13.7 Å². The molecule has 1 aliphatic rings. The number of benzene rings is 1. The Bertz CT molecular complexity index is 692. The van der Waals surface area contributed by atoms with Crippen molar-refractivity contribution < 1.29 is 29.1 Å². The molecule has 1 saturated heterocycles. The van der Waals surface area contributed by atoms with Crippen LogP contribution in [0.5, 0.6) is 11.5 Å². The van der Waals surface area contributed by atoms with Crippen molar-refractivity contribution in [2.45, 2.75) is 44.9 Å². The Balaban J connectivity index is 2.44. The fourth-order valence-electron chi connectivity index (χ4n) is 2.85. The lowest BCUT2D eigenvalue weighted by atomic mass is 10.1. The molecule has 2 unspecified atom stereocenters. The third-order valence-electron chi connectivity index (χ3n) is 4.26. The minimum absolute atomic E-state index is 0.165. The van der Waals surface area contributed by atoms with E-state index in [1.165, 1.54) is 13.2 Å². The van der Waals surface area contributed by atoms with E-state index in [0.717, 1.165) is 23.8 Å². The molecule has 0 bridgehead atoms. The minimum Gasteiger partial charge on any atom is -0.493 e. The third kappa shape index (κ3) is 3.93. The number of aldehydes is 1. The molecular weight excluding hydrogens is 344 g/mol. The summed E-state index contributed by atoms with van der Waals surface area (Å²) in [4.78, 5) is 35.7. The highest BCUT2D eigenvalue weighted by molar-refractivity contribution is 6.00. The summed E-state index contributed by atoms with van der Waals surface area (Å²) in [5, 5.41) is 21.5. The first kappa shape index (κ1) is 19.6. The minimum atomic E-state index is -1.16. The van der Waals surface area contributed by atoms with Gasteiger partial charge in [-0.3, -0.25) is 14.9 Å². The Kier molecular flexibility index (Phi) is 6.51. The molecular formula is C17H22N2O7. The number of nitrogens with zero attached hydrogens (tertiary/aromatic N) is 2. The number of aliphatic hydroxyl groups is 1.